The maximum Gasteiger partial charge on any atom is 0.0540 e. The zero-order valence-corrected chi connectivity index (χ0v) is 14.7. The minimum absolute atomic E-state index is 0.0615. The quantitative estimate of drug-likeness (QED) is 0.372. The summed E-state index contributed by atoms with van der Waals surface area (Å²) in [5.74, 6) is 0.818. The van der Waals surface area contributed by atoms with Gasteiger partial charge in [0, 0.05) is 6.61 Å². The standard InChI is InChI=1S/C19H40O2/c1-18(2)14-10-9-12-16-19(21)15-11-7-5-3-4-6-8-13-17-20/h18-21H,3-17H2,1-2H3. The second-order valence-corrected chi connectivity index (χ2v) is 7.03. The molecule has 0 spiro atoms. The van der Waals surface area contributed by atoms with Crippen molar-refractivity contribution in [1.29, 1.82) is 0 Å². The van der Waals surface area contributed by atoms with Gasteiger partial charge in [0.25, 0.3) is 0 Å². The summed E-state index contributed by atoms with van der Waals surface area (Å²) in [7, 11) is 0. The lowest BCUT2D eigenvalue weighted by Gasteiger charge is -2.10. The lowest BCUT2D eigenvalue weighted by Crippen LogP contribution is -2.06. The summed E-state index contributed by atoms with van der Waals surface area (Å²) in [5.41, 5.74) is 0. The van der Waals surface area contributed by atoms with Crippen LogP contribution in [0.25, 0.3) is 0 Å². The first-order valence-corrected chi connectivity index (χ1v) is 9.45. The van der Waals surface area contributed by atoms with Crippen LogP contribution < -0.4 is 0 Å². The fourth-order valence-electron chi connectivity index (χ4n) is 2.81. The monoisotopic (exact) mass is 300 g/mol. The van der Waals surface area contributed by atoms with E-state index in [1.807, 2.05) is 0 Å². The van der Waals surface area contributed by atoms with E-state index in [1.165, 1.54) is 70.6 Å². The highest BCUT2D eigenvalue weighted by Crippen LogP contribution is 2.15. The van der Waals surface area contributed by atoms with Gasteiger partial charge in [-0.1, -0.05) is 84.5 Å². The minimum atomic E-state index is -0.0615. The number of aliphatic hydroxyl groups excluding tert-OH is 2. The van der Waals surface area contributed by atoms with E-state index in [0.29, 0.717) is 6.61 Å². The number of hydrogen-bond donors (Lipinski definition) is 2. The predicted molar refractivity (Wildman–Crippen MR) is 92.6 cm³/mol. The molecule has 0 aliphatic carbocycles. The molecular weight excluding hydrogens is 260 g/mol. The van der Waals surface area contributed by atoms with Crippen LogP contribution >= 0.6 is 0 Å². The Labute approximate surface area is 133 Å². The Morgan fingerprint density at radius 3 is 1.43 bits per heavy atom. The van der Waals surface area contributed by atoms with Crippen LogP contribution in [0.2, 0.25) is 0 Å². The molecule has 0 radical (unpaired) electrons. The smallest absolute Gasteiger partial charge is 0.0540 e. The molecule has 0 bridgehead atoms. The van der Waals surface area contributed by atoms with Crippen molar-refractivity contribution in [2.45, 2.75) is 110 Å². The van der Waals surface area contributed by atoms with E-state index in [0.717, 1.165) is 25.2 Å². The molecule has 2 heteroatoms. The van der Waals surface area contributed by atoms with Crippen LogP contribution in [0.15, 0.2) is 0 Å². The fourth-order valence-corrected chi connectivity index (χ4v) is 2.81. The third-order valence-corrected chi connectivity index (χ3v) is 4.26. The van der Waals surface area contributed by atoms with Crippen LogP contribution in [0, 0.1) is 5.92 Å². The normalized spacial score (nSPS) is 13.0. The van der Waals surface area contributed by atoms with Gasteiger partial charge in [-0.05, 0) is 25.2 Å². The number of aliphatic hydroxyl groups is 2. The van der Waals surface area contributed by atoms with Gasteiger partial charge in [0.05, 0.1) is 6.10 Å². The van der Waals surface area contributed by atoms with E-state index in [9.17, 15) is 5.11 Å². The molecule has 0 heterocycles. The second-order valence-electron chi connectivity index (χ2n) is 7.03. The molecule has 0 aliphatic heterocycles. The van der Waals surface area contributed by atoms with Crippen molar-refractivity contribution in [3.8, 4) is 0 Å². The first-order chi connectivity index (χ1) is 10.2. The highest BCUT2D eigenvalue weighted by atomic mass is 16.3. The third-order valence-electron chi connectivity index (χ3n) is 4.26. The minimum Gasteiger partial charge on any atom is -0.396 e. The summed E-state index contributed by atoms with van der Waals surface area (Å²) in [6, 6.07) is 0. The van der Waals surface area contributed by atoms with Gasteiger partial charge in [0.15, 0.2) is 0 Å². The van der Waals surface area contributed by atoms with Crippen molar-refractivity contribution in [2.75, 3.05) is 6.61 Å². The topological polar surface area (TPSA) is 40.5 Å². The molecular formula is C19H40O2. The summed E-state index contributed by atoms with van der Waals surface area (Å²) in [4.78, 5) is 0. The average Bonchev–Trinajstić information content (AvgIpc) is 2.45. The number of hydrogen-bond acceptors (Lipinski definition) is 2. The molecule has 21 heavy (non-hydrogen) atoms. The van der Waals surface area contributed by atoms with Crippen LogP contribution in [0.5, 0.6) is 0 Å². The summed E-state index contributed by atoms with van der Waals surface area (Å²) in [5, 5.41) is 18.6. The second kappa shape index (κ2) is 16.3. The van der Waals surface area contributed by atoms with Gasteiger partial charge in [0.2, 0.25) is 0 Å². The van der Waals surface area contributed by atoms with Crippen molar-refractivity contribution in [2.24, 2.45) is 5.92 Å². The molecule has 2 N–H and O–H groups in total. The molecule has 128 valence electrons. The van der Waals surface area contributed by atoms with Crippen molar-refractivity contribution >= 4 is 0 Å². The molecule has 0 fully saturated rings. The Hall–Kier alpha value is -0.0800. The highest BCUT2D eigenvalue weighted by Gasteiger charge is 2.04. The van der Waals surface area contributed by atoms with E-state index in [4.69, 9.17) is 5.11 Å². The molecule has 0 aromatic carbocycles. The lowest BCUT2D eigenvalue weighted by molar-refractivity contribution is 0.147. The van der Waals surface area contributed by atoms with E-state index in [2.05, 4.69) is 13.8 Å². The summed E-state index contributed by atoms with van der Waals surface area (Å²) in [6.07, 6.45) is 16.8. The Morgan fingerprint density at radius 2 is 0.952 bits per heavy atom. The maximum atomic E-state index is 9.93. The zero-order chi connectivity index (χ0) is 15.8. The maximum absolute atomic E-state index is 9.93. The summed E-state index contributed by atoms with van der Waals surface area (Å²) >= 11 is 0. The Kier molecular flexibility index (Phi) is 16.2. The Balaban J connectivity index is 3.14. The Morgan fingerprint density at radius 1 is 0.571 bits per heavy atom. The number of rotatable bonds is 16. The molecule has 1 atom stereocenters. The van der Waals surface area contributed by atoms with Crippen LogP contribution in [0.4, 0.5) is 0 Å². The molecule has 0 saturated carbocycles. The van der Waals surface area contributed by atoms with Gasteiger partial charge in [-0.25, -0.2) is 0 Å². The Bertz CT molecular complexity index is 192. The first-order valence-electron chi connectivity index (χ1n) is 9.45. The van der Waals surface area contributed by atoms with Crippen molar-refractivity contribution < 1.29 is 10.2 Å². The fraction of sp³-hybridized carbons (Fsp3) is 1.00. The van der Waals surface area contributed by atoms with Crippen molar-refractivity contribution in [3.05, 3.63) is 0 Å². The molecule has 0 saturated heterocycles. The van der Waals surface area contributed by atoms with Crippen LogP contribution in [0.1, 0.15) is 104 Å². The van der Waals surface area contributed by atoms with Gasteiger partial charge >= 0.3 is 0 Å². The van der Waals surface area contributed by atoms with E-state index in [1.54, 1.807) is 0 Å². The van der Waals surface area contributed by atoms with Crippen molar-refractivity contribution in [3.63, 3.8) is 0 Å². The summed E-state index contributed by atoms with van der Waals surface area (Å²) < 4.78 is 0. The van der Waals surface area contributed by atoms with Gasteiger partial charge in [-0.2, -0.15) is 0 Å². The van der Waals surface area contributed by atoms with Gasteiger partial charge in [-0.15, -0.1) is 0 Å². The van der Waals surface area contributed by atoms with Gasteiger partial charge in [0.1, 0.15) is 0 Å². The van der Waals surface area contributed by atoms with E-state index < -0.39 is 0 Å². The molecule has 0 amide bonds. The van der Waals surface area contributed by atoms with Crippen LogP contribution in [0.3, 0.4) is 0 Å². The first kappa shape index (κ1) is 20.9. The third kappa shape index (κ3) is 17.9. The molecule has 0 aromatic heterocycles. The van der Waals surface area contributed by atoms with Crippen molar-refractivity contribution in [1.82, 2.24) is 0 Å². The van der Waals surface area contributed by atoms with Crippen LogP contribution in [-0.4, -0.2) is 22.9 Å². The largest absolute Gasteiger partial charge is 0.396 e. The van der Waals surface area contributed by atoms with Crippen LogP contribution in [-0.2, 0) is 0 Å². The van der Waals surface area contributed by atoms with Gasteiger partial charge in [-0.3, -0.25) is 0 Å². The lowest BCUT2D eigenvalue weighted by atomic mass is 10.0. The number of unbranched alkanes of at least 4 members (excludes halogenated alkanes) is 9. The van der Waals surface area contributed by atoms with E-state index >= 15 is 0 Å². The van der Waals surface area contributed by atoms with E-state index in [-0.39, 0.29) is 6.10 Å². The zero-order valence-electron chi connectivity index (χ0n) is 14.7. The molecule has 0 rings (SSSR count). The molecule has 2 nitrogen and oxygen atoms in total. The highest BCUT2D eigenvalue weighted by molar-refractivity contribution is 4.58. The average molecular weight is 301 g/mol. The SMILES string of the molecule is CC(C)CCCCCC(O)CCCCCCCCCCO. The molecule has 0 aromatic rings. The predicted octanol–water partition coefficient (Wildman–Crippen LogP) is 5.46. The summed E-state index contributed by atoms with van der Waals surface area (Å²) in [6.45, 7) is 4.90. The molecule has 0 aliphatic rings. The molecule has 1 unspecified atom stereocenters. The van der Waals surface area contributed by atoms with Gasteiger partial charge < -0.3 is 10.2 Å².